The summed E-state index contributed by atoms with van der Waals surface area (Å²) in [6.45, 7) is 0. The number of nitrogens with zero attached hydrogens (tertiary/aromatic N) is 2. The zero-order chi connectivity index (χ0) is 52.4. The van der Waals surface area contributed by atoms with Crippen molar-refractivity contribution < 1.29 is 0 Å². The molecule has 0 heterocycles. The van der Waals surface area contributed by atoms with Gasteiger partial charge in [0.05, 0.1) is 11.4 Å². The van der Waals surface area contributed by atoms with E-state index in [1.54, 1.807) is 0 Å². The molecule has 0 spiro atoms. The maximum absolute atomic E-state index is 5.25. The molecule has 0 saturated heterocycles. The van der Waals surface area contributed by atoms with Crippen LogP contribution in [0.3, 0.4) is 0 Å². The van der Waals surface area contributed by atoms with Crippen LogP contribution in [0.4, 0.5) is 34.1 Å². The molecule has 0 fully saturated rings. The Balaban J connectivity index is 0.000000147. The van der Waals surface area contributed by atoms with Crippen molar-refractivity contribution in [3.8, 4) is 22.3 Å². The third kappa shape index (κ3) is 8.36. The average molecular weight is 980 g/mol. The average Bonchev–Trinajstić information content (AvgIpc) is 3.61. The minimum absolute atomic E-state index is 1.14. The Morgan fingerprint density at radius 2 is 0.494 bits per heavy atom. The predicted molar refractivity (Wildman–Crippen MR) is 334 cm³/mol. The van der Waals surface area contributed by atoms with Crippen molar-refractivity contribution in [2.75, 3.05) is 9.80 Å². The largest absolute Gasteiger partial charge is 0.310 e. The predicted octanol–water partition coefficient (Wildman–Crippen LogP) is 20.5. The molecular formula is C74H51BN2. The first-order valence-corrected chi connectivity index (χ1v) is 26.2. The summed E-state index contributed by atoms with van der Waals surface area (Å²) in [5.41, 5.74) is 12.0. The van der Waals surface area contributed by atoms with Gasteiger partial charge in [0.25, 0.3) is 0 Å². The number of para-hydroxylation sites is 4. The van der Waals surface area contributed by atoms with Crippen LogP contribution in [-0.4, -0.2) is 9.71 Å². The topological polar surface area (TPSA) is 6.48 Å². The highest BCUT2D eigenvalue weighted by Gasteiger charge is 2.22. The van der Waals surface area contributed by atoms with E-state index < -0.39 is 0 Å². The summed E-state index contributed by atoms with van der Waals surface area (Å²) >= 11 is 0. The first-order chi connectivity index (χ1) is 38.7. The minimum atomic E-state index is 1.14. The molecular weight excluding hydrogens is 928 g/mol. The summed E-state index contributed by atoms with van der Waals surface area (Å²) in [4.78, 5) is 4.74. The third-order valence-corrected chi connectivity index (χ3v) is 15.2. The van der Waals surface area contributed by atoms with Crippen LogP contribution in [0.25, 0.3) is 97.7 Å². The van der Waals surface area contributed by atoms with Crippen LogP contribution in [-0.2, 0) is 0 Å². The molecule has 0 saturated carbocycles. The molecule has 15 rings (SSSR count). The highest BCUT2D eigenvalue weighted by Crippen LogP contribution is 2.48. The molecule has 0 amide bonds. The Hall–Kier alpha value is -9.96. The van der Waals surface area contributed by atoms with E-state index in [2.05, 4.69) is 321 Å². The normalized spacial score (nSPS) is 11.4. The number of anilines is 6. The Kier molecular flexibility index (Phi) is 11.9. The maximum Gasteiger partial charge on any atom is 0.0540 e. The highest BCUT2D eigenvalue weighted by atomic mass is 15.1. The molecule has 2 radical (unpaired) electrons. The van der Waals surface area contributed by atoms with E-state index >= 15 is 0 Å². The van der Waals surface area contributed by atoms with Gasteiger partial charge in [0.1, 0.15) is 0 Å². The van der Waals surface area contributed by atoms with Gasteiger partial charge in [0, 0.05) is 41.9 Å². The number of fused-ring (bicyclic) bond motifs is 4. The van der Waals surface area contributed by atoms with Crippen LogP contribution in [0.1, 0.15) is 0 Å². The van der Waals surface area contributed by atoms with Crippen molar-refractivity contribution in [3.05, 3.63) is 303 Å². The summed E-state index contributed by atoms with van der Waals surface area (Å²) in [5, 5.41) is 17.8. The van der Waals surface area contributed by atoms with Gasteiger partial charge in [-0.25, -0.2) is 0 Å². The van der Waals surface area contributed by atoms with E-state index in [4.69, 9.17) is 1.34 Å². The van der Waals surface area contributed by atoms with Gasteiger partial charge in [-0.15, -0.1) is 0 Å². The molecule has 360 valence electrons. The van der Waals surface area contributed by atoms with Crippen LogP contribution in [0, 0.1) is 0 Å². The number of hydrogen-bond acceptors (Lipinski definition) is 2. The van der Waals surface area contributed by atoms with E-state index in [-0.39, 0.29) is 0 Å². The fraction of sp³-hybridized carbons (Fsp3) is 0. The van der Waals surface area contributed by atoms with Gasteiger partial charge in [-0.2, -0.15) is 0 Å². The zero-order valence-corrected chi connectivity index (χ0v) is 42.3. The van der Waals surface area contributed by atoms with Gasteiger partial charge in [0.15, 0.2) is 0 Å². The summed E-state index contributed by atoms with van der Waals surface area (Å²) in [5.74, 6) is 0. The van der Waals surface area contributed by atoms with Gasteiger partial charge in [-0.3, -0.25) is 0 Å². The molecule has 0 bridgehead atoms. The van der Waals surface area contributed by atoms with Gasteiger partial charge < -0.3 is 9.80 Å². The van der Waals surface area contributed by atoms with Crippen molar-refractivity contribution in [3.63, 3.8) is 0 Å². The van der Waals surface area contributed by atoms with Crippen LogP contribution >= 0.6 is 0 Å². The van der Waals surface area contributed by atoms with Gasteiger partial charge in [-0.1, -0.05) is 231 Å². The lowest BCUT2D eigenvalue weighted by Gasteiger charge is -2.29. The van der Waals surface area contributed by atoms with Gasteiger partial charge in [0.2, 0.25) is 0 Å². The fourth-order valence-corrected chi connectivity index (χ4v) is 11.8. The van der Waals surface area contributed by atoms with Crippen molar-refractivity contribution in [2.45, 2.75) is 0 Å². The summed E-state index contributed by atoms with van der Waals surface area (Å²) < 4.78 is 5.25. The minimum Gasteiger partial charge on any atom is -0.310 e. The van der Waals surface area contributed by atoms with Crippen molar-refractivity contribution in [1.82, 2.24) is 0 Å². The maximum atomic E-state index is 5.25. The number of rotatable bonds is 8. The van der Waals surface area contributed by atoms with E-state index in [1.165, 1.54) is 109 Å². The molecule has 15 aromatic carbocycles. The Morgan fingerprint density at radius 3 is 0.831 bits per heavy atom. The van der Waals surface area contributed by atoms with Crippen LogP contribution < -0.4 is 9.80 Å². The zero-order valence-electron chi connectivity index (χ0n) is 43.3. The first-order valence-electron chi connectivity index (χ1n) is 26.7. The fourth-order valence-electron chi connectivity index (χ4n) is 11.8. The van der Waals surface area contributed by atoms with Crippen LogP contribution in [0.15, 0.2) is 303 Å². The molecule has 0 aliphatic rings. The van der Waals surface area contributed by atoms with Gasteiger partial charge in [-0.05, 0) is 161 Å². The lowest BCUT2D eigenvalue weighted by Crippen LogP contribution is -2.11. The third-order valence-electron chi connectivity index (χ3n) is 15.2. The molecule has 0 aliphatic carbocycles. The second-order valence-electron chi connectivity index (χ2n) is 19.6. The smallest absolute Gasteiger partial charge is 0.0540 e. The summed E-state index contributed by atoms with van der Waals surface area (Å²) in [6, 6.07) is 109. The first kappa shape index (κ1) is 45.6. The number of benzene rings is 15. The summed E-state index contributed by atoms with van der Waals surface area (Å²) in [7, 11) is 3.75. The molecule has 3 heteroatoms. The Bertz CT molecular complexity index is 4160. The molecule has 2 nitrogen and oxygen atoms in total. The Morgan fingerprint density at radius 1 is 0.221 bits per heavy atom. The van der Waals surface area contributed by atoms with E-state index in [9.17, 15) is 0 Å². The molecule has 0 N–H and O–H groups in total. The van der Waals surface area contributed by atoms with E-state index in [0.29, 0.717) is 0 Å². The monoisotopic (exact) mass is 979 g/mol. The SMILES string of the molecule is [2H][B].c1ccc(N(c2ccccc2)c2ccc3ccc4c(N(c5ccccc5)c5ccccc5)ccc5ccc2c3c54)cc1.c1ccc2cc(-c3c4ccccc4c(-c4ccc5ccccc5c4)c4ccccc34)ccc2c1. The molecule has 0 aromatic heterocycles. The van der Waals surface area contributed by atoms with Crippen molar-refractivity contribution in [2.24, 2.45) is 0 Å². The number of hydrogen-bond donors (Lipinski definition) is 0. The van der Waals surface area contributed by atoms with E-state index in [1.807, 2.05) is 0 Å². The van der Waals surface area contributed by atoms with Crippen LogP contribution in [0.5, 0.6) is 0 Å². The molecule has 0 atom stereocenters. The van der Waals surface area contributed by atoms with E-state index in [0.717, 1.165) is 22.7 Å². The summed E-state index contributed by atoms with van der Waals surface area (Å²) in [6.07, 6.45) is 0. The standard InChI is InChI=1S/C40H28N2.C34H22.BH/c1-5-13-31(14-6-1)41(32-15-7-2-8-16-32)37-27-23-29-22-26-36-38(28-24-30-21-25-35(37)39(29)40(30)36)42(33-17-9-3-10-18-33)34-19-11-4-12-20-34;1-3-11-25-21-27(19-17-23(25)9-1)33-29-13-5-7-15-31(29)34(32-16-8-6-14-30(32)33)28-20-18-24-10-2-4-12-26(24)22-28;/h1-28H;1-22H;1H/i;;1D. The van der Waals surface area contributed by atoms with Gasteiger partial charge >= 0.3 is 0 Å². The lowest BCUT2D eigenvalue weighted by atomic mass is 9.85. The molecule has 0 unspecified atom stereocenters. The second kappa shape index (κ2) is 20.1. The quantitative estimate of drug-likeness (QED) is 0.0850. The van der Waals surface area contributed by atoms with Crippen LogP contribution in [0.2, 0.25) is 0 Å². The van der Waals surface area contributed by atoms with Crippen molar-refractivity contribution in [1.29, 1.82) is 1.34 Å². The lowest BCUT2D eigenvalue weighted by molar-refractivity contribution is 1.30. The Labute approximate surface area is 452 Å². The molecule has 15 aromatic rings. The second-order valence-corrected chi connectivity index (χ2v) is 19.6. The molecule has 0 aliphatic heterocycles. The molecule has 77 heavy (non-hydrogen) atoms. The van der Waals surface area contributed by atoms with Crippen molar-refractivity contribution >= 4 is 118 Å². The highest BCUT2D eigenvalue weighted by molar-refractivity contribution is 6.28.